The van der Waals surface area contributed by atoms with Gasteiger partial charge in [0.2, 0.25) is 0 Å². The molecule has 1 aromatic carbocycles. The van der Waals surface area contributed by atoms with Crippen molar-refractivity contribution in [3.63, 3.8) is 0 Å². The standard InChI is InChI=1S/C11H15BrFNO2S/c1-14-10(6-7-17(2,15)16)8-4-3-5-9(13)11(8)12/h3-5,10,14H,6-7H2,1-2H3. The summed E-state index contributed by atoms with van der Waals surface area (Å²) in [4.78, 5) is 0. The first-order valence-corrected chi connectivity index (χ1v) is 7.99. The lowest BCUT2D eigenvalue weighted by atomic mass is 10.0. The summed E-state index contributed by atoms with van der Waals surface area (Å²) in [6, 6.07) is 4.56. The first-order valence-electron chi connectivity index (χ1n) is 5.14. The van der Waals surface area contributed by atoms with Gasteiger partial charge in [0.15, 0.2) is 0 Å². The zero-order chi connectivity index (χ0) is 13.1. The number of halogens is 2. The molecule has 0 saturated heterocycles. The molecule has 0 saturated carbocycles. The van der Waals surface area contributed by atoms with Crippen molar-refractivity contribution >= 4 is 25.8 Å². The van der Waals surface area contributed by atoms with Crippen LogP contribution in [0.1, 0.15) is 18.0 Å². The van der Waals surface area contributed by atoms with Gasteiger partial charge in [-0.2, -0.15) is 0 Å². The van der Waals surface area contributed by atoms with Gasteiger partial charge >= 0.3 is 0 Å². The number of nitrogens with one attached hydrogen (secondary N) is 1. The van der Waals surface area contributed by atoms with Crippen LogP contribution < -0.4 is 5.32 Å². The molecule has 1 aromatic rings. The van der Waals surface area contributed by atoms with Crippen LogP contribution in [-0.2, 0) is 9.84 Å². The van der Waals surface area contributed by atoms with Crippen molar-refractivity contribution in [1.29, 1.82) is 0 Å². The Kier molecular flexibility index (Phi) is 5.09. The minimum atomic E-state index is -3.01. The summed E-state index contributed by atoms with van der Waals surface area (Å²) in [5.74, 6) is -0.274. The van der Waals surface area contributed by atoms with Gasteiger partial charge in [0.1, 0.15) is 15.7 Å². The molecule has 1 N–H and O–H groups in total. The quantitative estimate of drug-likeness (QED) is 0.904. The second-order valence-corrected chi connectivity index (χ2v) is 6.96. The Morgan fingerprint density at radius 1 is 1.47 bits per heavy atom. The Morgan fingerprint density at radius 2 is 2.12 bits per heavy atom. The van der Waals surface area contributed by atoms with Gasteiger partial charge in [-0.3, -0.25) is 0 Å². The maximum Gasteiger partial charge on any atom is 0.147 e. The highest BCUT2D eigenvalue weighted by molar-refractivity contribution is 9.10. The predicted octanol–water partition coefficient (Wildman–Crippen LogP) is 2.28. The summed E-state index contributed by atoms with van der Waals surface area (Å²) in [5, 5.41) is 3.00. The topological polar surface area (TPSA) is 46.2 Å². The minimum Gasteiger partial charge on any atom is -0.313 e. The fraction of sp³-hybridized carbons (Fsp3) is 0.455. The van der Waals surface area contributed by atoms with Crippen molar-refractivity contribution in [2.45, 2.75) is 12.5 Å². The van der Waals surface area contributed by atoms with Crippen molar-refractivity contribution in [3.8, 4) is 0 Å². The summed E-state index contributed by atoms with van der Waals surface area (Å²) in [7, 11) is -1.28. The monoisotopic (exact) mass is 323 g/mol. The number of benzene rings is 1. The van der Waals surface area contributed by atoms with Gasteiger partial charge < -0.3 is 5.32 Å². The number of hydrogen-bond acceptors (Lipinski definition) is 3. The van der Waals surface area contributed by atoms with Crippen LogP contribution in [0.4, 0.5) is 4.39 Å². The highest BCUT2D eigenvalue weighted by Crippen LogP contribution is 2.27. The van der Waals surface area contributed by atoms with Crippen molar-refractivity contribution in [1.82, 2.24) is 5.32 Å². The summed E-state index contributed by atoms with van der Waals surface area (Å²) < 4.78 is 36.0. The molecule has 1 rings (SSSR count). The lowest BCUT2D eigenvalue weighted by molar-refractivity contribution is 0.549. The molecule has 1 atom stereocenters. The summed E-state index contributed by atoms with van der Waals surface area (Å²) >= 11 is 3.18. The van der Waals surface area contributed by atoms with E-state index in [1.165, 1.54) is 12.3 Å². The van der Waals surface area contributed by atoms with E-state index in [-0.39, 0.29) is 17.6 Å². The van der Waals surface area contributed by atoms with Crippen LogP contribution in [0.25, 0.3) is 0 Å². The van der Waals surface area contributed by atoms with E-state index in [4.69, 9.17) is 0 Å². The smallest absolute Gasteiger partial charge is 0.147 e. The molecule has 17 heavy (non-hydrogen) atoms. The average molecular weight is 324 g/mol. The molecule has 6 heteroatoms. The van der Waals surface area contributed by atoms with Gasteiger partial charge in [-0.25, -0.2) is 12.8 Å². The molecule has 0 aromatic heterocycles. The molecule has 0 spiro atoms. The highest BCUT2D eigenvalue weighted by Gasteiger charge is 2.16. The third-order valence-corrected chi connectivity index (χ3v) is 4.30. The molecule has 0 aliphatic carbocycles. The first kappa shape index (κ1) is 14.6. The van der Waals surface area contributed by atoms with Crippen LogP contribution in [0.2, 0.25) is 0 Å². The van der Waals surface area contributed by atoms with Crippen LogP contribution in [0, 0.1) is 5.82 Å². The zero-order valence-corrected chi connectivity index (χ0v) is 12.1. The van der Waals surface area contributed by atoms with Gasteiger partial charge in [0.25, 0.3) is 0 Å². The summed E-state index contributed by atoms with van der Waals surface area (Å²) in [6.45, 7) is 0. The molecule has 0 aliphatic rings. The highest BCUT2D eigenvalue weighted by atomic mass is 79.9. The molecule has 0 amide bonds. The Labute approximate surface area is 109 Å². The predicted molar refractivity (Wildman–Crippen MR) is 70.2 cm³/mol. The van der Waals surface area contributed by atoms with Gasteiger partial charge in [0, 0.05) is 12.3 Å². The van der Waals surface area contributed by atoms with E-state index >= 15 is 0 Å². The molecule has 96 valence electrons. The van der Waals surface area contributed by atoms with Crippen molar-refractivity contribution in [2.75, 3.05) is 19.1 Å². The van der Waals surface area contributed by atoms with Gasteiger partial charge in [-0.15, -0.1) is 0 Å². The molecule has 3 nitrogen and oxygen atoms in total. The van der Waals surface area contributed by atoms with E-state index in [1.54, 1.807) is 19.2 Å². The normalized spacial score (nSPS) is 13.6. The summed E-state index contributed by atoms with van der Waals surface area (Å²) in [6.07, 6.45) is 1.61. The van der Waals surface area contributed by atoms with Crippen LogP contribution in [0.3, 0.4) is 0 Å². The van der Waals surface area contributed by atoms with E-state index in [9.17, 15) is 12.8 Å². The second kappa shape index (κ2) is 5.93. The van der Waals surface area contributed by atoms with E-state index < -0.39 is 9.84 Å². The summed E-state index contributed by atoms with van der Waals surface area (Å²) in [5.41, 5.74) is 0.733. The molecule has 0 bridgehead atoms. The van der Waals surface area contributed by atoms with Crippen LogP contribution >= 0.6 is 15.9 Å². The largest absolute Gasteiger partial charge is 0.313 e. The fourth-order valence-electron chi connectivity index (χ4n) is 1.58. The molecular formula is C11H15BrFNO2S. The molecule has 0 heterocycles. The minimum absolute atomic E-state index is 0.0709. The zero-order valence-electron chi connectivity index (χ0n) is 9.70. The Bertz CT molecular complexity index is 490. The number of sulfone groups is 1. The van der Waals surface area contributed by atoms with Crippen molar-refractivity contribution in [2.24, 2.45) is 0 Å². The SMILES string of the molecule is CNC(CCS(C)(=O)=O)c1cccc(F)c1Br. The molecule has 0 fully saturated rings. The maximum atomic E-state index is 13.4. The van der Waals surface area contributed by atoms with Crippen LogP contribution in [0.5, 0.6) is 0 Å². The average Bonchev–Trinajstić information content (AvgIpc) is 2.23. The Morgan fingerprint density at radius 3 is 2.65 bits per heavy atom. The maximum absolute atomic E-state index is 13.4. The van der Waals surface area contributed by atoms with Gasteiger partial charge in [-0.1, -0.05) is 12.1 Å². The van der Waals surface area contributed by atoms with E-state index in [1.807, 2.05) is 0 Å². The Hall–Kier alpha value is -0.460. The molecule has 0 aliphatic heterocycles. The first-order chi connectivity index (χ1) is 7.85. The van der Waals surface area contributed by atoms with Crippen molar-refractivity contribution in [3.05, 3.63) is 34.1 Å². The lowest BCUT2D eigenvalue weighted by Gasteiger charge is -2.17. The molecule has 0 radical (unpaired) electrons. The Balaban J connectivity index is 2.90. The fourth-order valence-corrected chi connectivity index (χ4v) is 2.78. The van der Waals surface area contributed by atoms with E-state index in [2.05, 4.69) is 21.2 Å². The van der Waals surface area contributed by atoms with Gasteiger partial charge in [-0.05, 0) is 41.0 Å². The van der Waals surface area contributed by atoms with E-state index in [0.717, 1.165) is 5.56 Å². The van der Waals surface area contributed by atoms with Crippen LogP contribution in [-0.4, -0.2) is 27.5 Å². The van der Waals surface area contributed by atoms with E-state index in [0.29, 0.717) is 10.9 Å². The lowest BCUT2D eigenvalue weighted by Crippen LogP contribution is -2.20. The van der Waals surface area contributed by atoms with Crippen LogP contribution in [0.15, 0.2) is 22.7 Å². The number of hydrogen-bond donors (Lipinski definition) is 1. The molecular weight excluding hydrogens is 309 g/mol. The third-order valence-electron chi connectivity index (χ3n) is 2.48. The van der Waals surface area contributed by atoms with Gasteiger partial charge in [0.05, 0.1) is 10.2 Å². The van der Waals surface area contributed by atoms with Crippen molar-refractivity contribution < 1.29 is 12.8 Å². The number of rotatable bonds is 5. The molecule has 1 unspecified atom stereocenters. The third kappa shape index (κ3) is 4.37. The second-order valence-electron chi connectivity index (χ2n) is 3.90.